The molecular formula is C14H17NO4S. The van der Waals surface area contributed by atoms with Crippen molar-refractivity contribution in [3.8, 4) is 5.75 Å². The van der Waals surface area contributed by atoms with Crippen LogP contribution in [0.4, 0.5) is 0 Å². The first-order valence-electron chi connectivity index (χ1n) is 6.34. The van der Waals surface area contributed by atoms with Crippen LogP contribution >= 0.6 is 12.6 Å². The molecule has 2 atom stereocenters. The molecule has 1 amide bonds. The number of nitrogens with zero attached hydrogens (tertiary/aromatic N) is 1. The van der Waals surface area contributed by atoms with Gasteiger partial charge >= 0.3 is 5.97 Å². The second kappa shape index (κ2) is 6.17. The molecule has 20 heavy (non-hydrogen) atoms. The molecule has 0 saturated carbocycles. The molecule has 0 aliphatic carbocycles. The number of carbonyl (C=O) groups is 2. The van der Waals surface area contributed by atoms with Crippen molar-refractivity contribution < 1.29 is 19.4 Å². The minimum atomic E-state index is -1.02. The molecule has 2 rings (SSSR count). The van der Waals surface area contributed by atoms with E-state index in [0.29, 0.717) is 30.0 Å². The maximum absolute atomic E-state index is 12.0. The summed E-state index contributed by atoms with van der Waals surface area (Å²) < 4.78 is 5.05. The third-order valence-electron chi connectivity index (χ3n) is 3.47. The average Bonchev–Trinajstić information content (AvgIpc) is 2.81. The lowest BCUT2D eigenvalue weighted by molar-refractivity contribution is -0.148. The lowest BCUT2D eigenvalue weighted by Crippen LogP contribution is -2.35. The molecule has 1 fully saturated rings. The van der Waals surface area contributed by atoms with Gasteiger partial charge in [-0.15, -0.1) is 0 Å². The molecule has 0 aromatic heterocycles. The molecular weight excluding hydrogens is 278 g/mol. The Labute approximate surface area is 122 Å². The molecule has 1 aliphatic rings. The normalized spacial score (nSPS) is 20.0. The van der Waals surface area contributed by atoms with Gasteiger partial charge in [-0.25, -0.2) is 4.79 Å². The lowest BCUT2D eigenvalue weighted by Gasteiger charge is -2.25. The smallest absolute Gasteiger partial charge is 0.331 e. The molecule has 1 saturated heterocycles. The summed E-state index contributed by atoms with van der Waals surface area (Å²) in [7, 11) is 1.55. The minimum absolute atomic E-state index is 0.117. The Morgan fingerprint density at radius 1 is 1.50 bits per heavy atom. The second-order valence-electron chi connectivity index (χ2n) is 4.81. The largest absolute Gasteiger partial charge is 0.497 e. The molecule has 1 aromatic carbocycles. The molecule has 1 N–H and O–H groups in total. The SMILES string of the molecule is COc1ccc(C(C(=O)O)N2CC(CS)CC2=O)cc1. The van der Waals surface area contributed by atoms with Gasteiger partial charge in [-0.1, -0.05) is 12.1 Å². The Kier molecular flexibility index (Phi) is 4.54. The van der Waals surface area contributed by atoms with Crippen molar-refractivity contribution in [3.63, 3.8) is 0 Å². The Morgan fingerprint density at radius 2 is 2.15 bits per heavy atom. The number of carboxylic acid groups (broad SMARTS) is 1. The van der Waals surface area contributed by atoms with Gasteiger partial charge in [0, 0.05) is 13.0 Å². The highest BCUT2D eigenvalue weighted by molar-refractivity contribution is 7.80. The van der Waals surface area contributed by atoms with E-state index in [2.05, 4.69) is 12.6 Å². The number of carbonyl (C=O) groups excluding carboxylic acids is 1. The van der Waals surface area contributed by atoms with Gasteiger partial charge < -0.3 is 14.7 Å². The molecule has 108 valence electrons. The zero-order valence-corrected chi connectivity index (χ0v) is 12.0. The van der Waals surface area contributed by atoms with Gasteiger partial charge in [0.25, 0.3) is 0 Å². The number of likely N-dealkylation sites (tertiary alicyclic amines) is 1. The third-order valence-corrected chi connectivity index (χ3v) is 3.99. The molecule has 2 unspecified atom stereocenters. The van der Waals surface area contributed by atoms with Crippen molar-refractivity contribution >= 4 is 24.5 Å². The lowest BCUT2D eigenvalue weighted by atomic mass is 10.1. The Balaban J connectivity index is 2.27. The zero-order valence-electron chi connectivity index (χ0n) is 11.2. The van der Waals surface area contributed by atoms with Crippen LogP contribution in [0.3, 0.4) is 0 Å². The van der Waals surface area contributed by atoms with Gasteiger partial charge in [-0.05, 0) is 29.4 Å². The van der Waals surface area contributed by atoms with Crippen molar-refractivity contribution in [1.82, 2.24) is 4.90 Å². The van der Waals surface area contributed by atoms with Crippen LogP contribution in [0.5, 0.6) is 5.75 Å². The quantitative estimate of drug-likeness (QED) is 0.810. The monoisotopic (exact) mass is 295 g/mol. The Bertz CT molecular complexity index is 502. The number of hydrogen-bond donors (Lipinski definition) is 2. The van der Waals surface area contributed by atoms with Gasteiger partial charge in [-0.2, -0.15) is 12.6 Å². The van der Waals surface area contributed by atoms with Crippen LogP contribution in [-0.4, -0.2) is 41.3 Å². The topological polar surface area (TPSA) is 66.8 Å². The van der Waals surface area contributed by atoms with Crippen molar-refractivity contribution in [1.29, 1.82) is 0 Å². The van der Waals surface area contributed by atoms with E-state index < -0.39 is 12.0 Å². The molecule has 0 radical (unpaired) electrons. The summed E-state index contributed by atoms with van der Waals surface area (Å²) in [6.07, 6.45) is 0.365. The van der Waals surface area contributed by atoms with Crippen LogP contribution in [0, 0.1) is 5.92 Å². The van der Waals surface area contributed by atoms with Crippen LogP contribution in [0.15, 0.2) is 24.3 Å². The average molecular weight is 295 g/mol. The van der Waals surface area contributed by atoms with E-state index in [9.17, 15) is 14.7 Å². The van der Waals surface area contributed by atoms with E-state index in [-0.39, 0.29) is 11.8 Å². The number of thiol groups is 1. The van der Waals surface area contributed by atoms with Crippen LogP contribution in [0.1, 0.15) is 18.0 Å². The summed E-state index contributed by atoms with van der Waals surface area (Å²) >= 11 is 4.19. The first-order valence-corrected chi connectivity index (χ1v) is 6.97. The van der Waals surface area contributed by atoms with Gasteiger partial charge in [0.05, 0.1) is 7.11 Å². The number of methoxy groups -OCH3 is 1. The van der Waals surface area contributed by atoms with Gasteiger partial charge in [0.2, 0.25) is 5.91 Å². The maximum atomic E-state index is 12.0. The highest BCUT2D eigenvalue weighted by atomic mass is 32.1. The Hall–Kier alpha value is -1.69. The molecule has 1 heterocycles. The predicted octanol–water partition coefficient (Wildman–Crippen LogP) is 1.60. The molecule has 0 bridgehead atoms. The van der Waals surface area contributed by atoms with Crippen molar-refractivity contribution in [2.75, 3.05) is 19.4 Å². The predicted molar refractivity (Wildman–Crippen MR) is 77.0 cm³/mol. The molecule has 1 aromatic rings. The fraction of sp³-hybridized carbons (Fsp3) is 0.429. The first kappa shape index (κ1) is 14.7. The summed E-state index contributed by atoms with van der Waals surface area (Å²) in [5.74, 6) is 0.192. The highest BCUT2D eigenvalue weighted by Crippen LogP contribution is 2.30. The summed E-state index contributed by atoms with van der Waals surface area (Å²) in [5, 5.41) is 9.45. The van der Waals surface area contributed by atoms with Crippen molar-refractivity contribution in [2.24, 2.45) is 5.92 Å². The van der Waals surface area contributed by atoms with Crippen molar-refractivity contribution in [2.45, 2.75) is 12.5 Å². The van der Waals surface area contributed by atoms with Gasteiger partial charge in [-0.3, -0.25) is 4.79 Å². The molecule has 0 spiro atoms. The first-order chi connectivity index (χ1) is 9.56. The number of ether oxygens (including phenoxy) is 1. The maximum Gasteiger partial charge on any atom is 0.331 e. The fourth-order valence-corrected chi connectivity index (χ4v) is 2.67. The molecule has 6 heteroatoms. The molecule has 1 aliphatic heterocycles. The number of amides is 1. The standard InChI is InChI=1S/C14H17NO4S/c1-19-11-4-2-10(3-5-11)13(14(17)18)15-7-9(8-20)6-12(15)16/h2-5,9,13,20H,6-8H2,1H3,(H,17,18). The summed E-state index contributed by atoms with van der Waals surface area (Å²) in [6.45, 7) is 0.436. The van der Waals surface area contributed by atoms with Gasteiger partial charge in [0.1, 0.15) is 5.75 Å². The van der Waals surface area contributed by atoms with Crippen LogP contribution in [-0.2, 0) is 9.59 Å². The number of benzene rings is 1. The minimum Gasteiger partial charge on any atom is -0.497 e. The summed E-state index contributed by atoms with van der Waals surface area (Å²) in [4.78, 5) is 24.9. The summed E-state index contributed by atoms with van der Waals surface area (Å²) in [5.41, 5.74) is 0.575. The highest BCUT2D eigenvalue weighted by Gasteiger charge is 2.37. The summed E-state index contributed by atoms with van der Waals surface area (Å²) in [6, 6.07) is 5.81. The zero-order chi connectivity index (χ0) is 14.7. The van der Waals surface area contributed by atoms with Crippen molar-refractivity contribution in [3.05, 3.63) is 29.8 Å². The van der Waals surface area contributed by atoms with Gasteiger partial charge in [0.15, 0.2) is 6.04 Å². The van der Waals surface area contributed by atoms with Crippen LogP contribution in [0.25, 0.3) is 0 Å². The Morgan fingerprint density at radius 3 is 2.60 bits per heavy atom. The van der Waals surface area contributed by atoms with Crippen LogP contribution < -0.4 is 4.74 Å². The van der Waals surface area contributed by atoms with E-state index in [4.69, 9.17) is 4.74 Å². The fourth-order valence-electron chi connectivity index (χ4n) is 2.42. The molecule has 5 nitrogen and oxygen atoms in total. The van der Waals surface area contributed by atoms with E-state index in [0.717, 1.165) is 0 Å². The second-order valence-corrected chi connectivity index (χ2v) is 5.18. The third kappa shape index (κ3) is 2.90. The van der Waals surface area contributed by atoms with Crippen LogP contribution in [0.2, 0.25) is 0 Å². The number of rotatable bonds is 5. The van der Waals surface area contributed by atoms with E-state index in [1.807, 2.05) is 0 Å². The number of hydrogen-bond acceptors (Lipinski definition) is 4. The van der Waals surface area contributed by atoms with E-state index in [1.54, 1.807) is 31.4 Å². The van der Waals surface area contributed by atoms with E-state index >= 15 is 0 Å². The number of aliphatic carboxylic acids is 1. The number of carboxylic acids is 1. The van der Waals surface area contributed by atoms with E-state index in [1.165, 1.54) is 4.90 Å².